The molecule has 0 unspecified atom stereocenters. The summed E-state index contributed by atoms with van der Waals surface area (Å²) >= 11 is 0. The highest BCUT2D eigenvalue weighted by Gasteiger charge is 1.95. The molecule has 0 spiro atoms. The standard InChI is InChI=1S/C8H9F.C8H10.2C7H7F.C7H8/c1-6-4-3-5-8(9)7(6)2;1-7-4-3-5-8(2)6-7;1-6-3-2-4-7(8)5-6;1-6-4-2-3-5-7(6)8;1-7-5-3-2-4-6-7/h3-5H,1-2H3;3-6H,1-2H3;2*2-5H,1H3;2-6H,1H3. The van der Waals surface area contributed by atoms with Crippen molar-refractivity contribution in [3.8, 4) is 0 Å². The fourth-order valence-electron chi connectivity index (χ4n) is 3.21. The number of hydrogen-bond donors (Lipinski definition) is 0. The molecule has 0 aromatic heterocycles. The van der Waals surface area contributed by atoms with E-state index >= 15 is 0 Å². The molecule has 210 valence electrons. The Labute approximate surface area is 239 Å². The second kappa shape index (κ2) is 19.0. The Morgan fingerprint density at radius 1 is 0.350 bits per heavy atom. The first-order valence-corrected chi connectivity index (χ1v) is 13.2. The number of benzene rings is 5. The summed E-state index contributed by atoms with van der Waals surface area (Å²) in [6.07, 6.45) is 0. The van der Waals surface area contributed by atoms with E-state index in [4.69, 9.17) is 0 Å². The van der Waals surface area contributed by atoms with Gasteiger partial charge in [-0.05, 0) is 95.0 Å². The molecule has 40 heavy (non-hydrogen) atoms. The van der Waals surface area contributed by atoms with Crippen molar-refractivity contribution < 1.29 is 13.2 Å². The highest BCUT2D eigenvalue weighted by molar-refractivity contribution is 5.25. The first kappa shape index (κ1) is 33.9. The molecule has 5 aromatic carbocycles. The average Bonchev–Trinajstić information content (AvgIpc) is 2.91. The lowest BCUT2D eigenvalue weighted by atomic mass is 10.1. The zero-order valence-electron chi connectivity index (χ0n) is 24.7. The van der Waals surface area contributed by atoms with Crippen LogP contribution in [0.25, 0.3) is 0 Å². The predicted molar refractivity (Wildman–Crippen MR) is 165 cm³/mol. The minimum atomic E-state index is -0.162. The van der Waals surface area contributed by atoms with Crippen LogP contribution in [0.1, 0.15) is 38.9 Å². The molecule has 0 N–H and O–H groups in total. The highest BCUT2D eigenvalue weighted by atomic mass is 19.1. The molecule has 3 heteroatoms. The number of rotatable bonds is 0. The molecule has 0 heterocycles. The van der Waals surface area contributed by atoms with Gasteiger partial charge in [0.15, 0.2) is 0 Å². The first-order chi connectivity index (χ1) is 19.0. The van der Waals surface area contributed by atoms with Crippen LogP contribution in [0.15, 0.2) is 121 Å². The maximum atomic E-state index is 12.6. The molecule has 0 nitrogen and oxygen atoms in total. The number of halogens is 3. The van der Waals surface area contributed by atoms with Gasteiger partial charge in [0.2, 0.25) is 0 Å². The van der Waals surface area contributed by atoms with Crippen molar-refractivity contribution >= 4 is 0 Å². The van der Waals surface area contributed by atoms with Gasteiger partial charge in [0.25, 0.3) is 0 Å². The van der Waals surface area contributed by atoms with Crippen molar-refractivity contribution in [3.05, 3.63) is 178 Å². The van der Waals surface area contributed by atoms with Crippen LogP contribution in [0.5, 0.6) is 0 Å². The third kappa shape index (κ3) is 15.3. The summed E-state index contributed by atoms with van der Waals surface area (Å²) in [6.45, 7) is 13.6. The molecule has 0 radical (unpaired) electrons. The summed E-state index contributed by atoms with van der Waals surface area (Å²) in [5.74, 6) is -0.410. The van der Waals surface area contributed by atoms with Gasteiger partial charge >= 0.3 is 0 Å². The van der Waals surface area contributed by atoms with Gasteiger partial charge in [-0.15, -0.1) is 0 Å². The molecule has 0 saturated heterocycles. The molecule has 0 aliphatic carbocycles. The number of aryl methyl sites for hydroxylation is 6. The van der Waals surface area contributed by atoms with E-state index in [-0.39, 0.29) is 17.5 Å². The van der Waals surface area contributed by atoms with Gasteiger partial charge in [0.05, 0.1) is 0 Å². The van der Waals surface area contributed by atoms with E-state index in [0.717, 1.165) is 16.7 Å². The highest BCUT2D eigenvalue weighted by Crippen LogP contribution is 2.09. The van der Waals surface area contributed by atoms with Gasteiger partial charge < -0.3 is 0 Å². The summed E-state index contributed by atoms with van der Waals surface area (Å²) < 4.78 is 37.1. The summed E-state index contributed by atoms with van der Waals surface area (Å²) in [5.41, 5.74) is 7.42. The maximum Gasteiger partial charge on any atom is 0.126 e. The molecule has 5 rings (SSSR count). The molecule has 0 aliphatic rings. The lowest BCUT2D eigenvalue weighted by Crippen LogP contribution is -1.83. The van der Waals surface area contributed by atoms with Gasteiger partial charge in [0, 0.05) is 0 Å². The fourth-order valence-corrected chi connectivity index (χ4v) is 3.21. The smallest absolute Gasteiger partial charge is 0.126 e. The van der Waals surface area contributed by atoms with Crippen LogP contribution >= 0.6 is 0 Å². The van der Waals surface area contributed by atoms with Crippen molar-refractivity contribution in [2.75, 3.05) is 0 Å². The molecule has 0 atom stereocenters. The molecule has 0 amide bonds. The molecular formula is C37H41F3. The minimum Gasteiger partial charge on any atom is -0.207 e. The van der Waals surface area contributed by atoms with Crippen molar-refractivity contribution in [3.63, 3.8) is 0 Å². The third-order valence-electron chi connectivity index (χ3n) is 5.71. The summed E-state index contributed by atoms with van der Waals surface area (Å²) in [6, 6.07) is 37.0. The second-order valence-electron chi connectivity index (χ2n) is 9.54. The van der Waals surface area contributed by atoms with Crippen molar-refractivity contribution in [2.45, 2.75) is 48.5 Å². The molecule has 0 saturated carbocycles. The van der Waals surface area contributed by atoms with Crippen LogP contribution in [-0.2, 0) is 0 Å². The van der Waals surface area contributed by atoms with E-state index in [1.165, 1.54) is 41.0 Å². The molecule has 0 bridgehead atoms. The van der Waals surface area contributed by atoms with Gasteiger partial charge in [0.1, 0.15) is 17.5 Å². The monoisotopic (exact) mass is 542 g/mol. The zero-order chi connectivity index (χ0) is 29.9. The largest absolute Gasteiger partial charge is 0.207 e. The topological polar surface area (TPSA) is 0 Å². The van der Waals surface area contributed by atoms with E-state index in [1.54, 1.807) is 38.1 Å². The number of hydrogen-bond acceptors (Lipinski definition) is 0. The van der Waals surface area contributed by atoms with Crippen molar-refractivity contribution in [2.24, 2.45) is 0 Å². The van der Waals surface area contributed by atoms with E-state index in [1.807, 2.05) is 50.2 Å². The van der Waals surface area contributed by atoms with E-state index in [9.17, 15) is 13.2 Å². The van der Waals surface area contributed by atoms with Gasteiger partial charge in [-0.1, -0.05) is 114 Å². The fraction of sp³-hybridized carbons (Fsp3) is 0.189. The van der Waals surface area contributed by atoms with Crippen LogP contribution < -0.4 is 0 Å². The zero-order valence-corrected chi connectivity index (χ0v) is 24.7. The SMILES string of the molecule is Cc1cccc(C)c1.Cc1cccc(F)c1.Cc1cccc(F)c1C.Cc1ccccc1.Cc1ccccc1F. The summed E-state index contributed by atoms with van der Waals surface area (Å²) in [4.78, 5) is 0. The van der Waals surface area contributed by atoms with Crippen LogP contribution in [0.4, 0.5) is 13.2 Å². The van der Waals surface area contributed by atoms with Gasteiger partial charge in [-0.25, -0.2) is 13.2 Å². The minimum absolute atomic E-state index is 0.116. The quantitative estimate of drug-likeness (QED) is 0.183. The lowest BCUT2D eigenvalue weighted by Gasteiger charge is -1.97. The molecule has 0 fully saturated rings. The Kier molecular flexibility index (Phi) is 16.1. The summed E-state index contributed by atoms with van der Waals surface area (Å²) in [7, 11) is 0. The Morgan fingerprint density at radius 3 is 1.10 bits per heavy atom. The van der Waals surface area contributed by atoms with Crippen molar-refractivity contribution in [1.29, 1.82) is 0 Å². The Balaban J connectivity index is 0.000000250. The molecule has 0 aliphatic heterocycles. The molecular weight excluding hydrogens is 501 g/mol. The summed E-state index contributed by atoms with van der Waals surface area (Å²) in [5, 5.41) is 0. The normalized spacial score (nSPS) is 9.25. The average molecular weight is 543 g/mol. The maximum absolute atomic E-state index is 12.6. The Hall–Kier alpha value is -4.11. The molecule has 5 aromatic rings. The predicted octanol–water partition coefficient (Wildman–Crippen LogP) is 11.0. The third-order valence-corrected chi connectivity index (χ3v) is 5.71. The van der Waals surface area contributed by atoms with E-state index < -0.39 is 0 Å². The van der Waals surface area contributed by atoms with Crippen LogP contribution in [0, 0.1) is 65.9 Å². The second-order valence-corrected chi connectivity index (χ2v) is 9.54. The van der Waals surface area contributed by atoms with Crippen molar-refractivity contribution in [1.82, 2.24) is 0 Å². The van der Waals surface area contributed by atoms with Crippen LogP contribution in [0.2, 0.25) is 0 Å². The lowest BCUT2D eigenvalue weighted by molar-refractivity contribution is 0.617. The Morgan fingerprint density at radius 2 is 0.775 bits per heavy atom. The Bertz CT molecular complexity index is 1270. The van der Waals surface area contributed by atoms with Gasteiger partial charge in [-0.2, -0.15) is 0 Å². The first-order valence-electron chi connectivity index (χ1n) is 13.2. The van der Waals surface area contributed by atoms with E-state index in [0.29, 0.717) is 5.56 Å². The van der Waals surface area contributed by atoms with E-state index in [2.05, 4.69) is 57.2 Å². The van der Waals surface area contributed by atoms with Crippen LogP contribution in [-0.4, -0.2) is 0 Å². The van der Waals surface area contributed by atoms with Crippen LogP contribution in [0.3, 0.4) is 0 Å². The van der Waals surface area contributed by atoms with Gasteiger partial charge in [-0.3, -0.25) is 0 Å².